The smallest absolute Gasteiger partial charge is 0.260 e. The minimum absolute atomic E-state index is 0.0794. The number of hydrogen-bond acceptors (Lipinski definition) is 5. The van der Waals surface area contributed by atoms with E-state index < -0.39 is 10.0 Å². The van der Waals surface area contributed by atoms with Crippen LogP contribution in [0.2, 0.25) is 0 Å². The van der Waals surface area contributed by atoms with E-state index in [0.717, 1.165) is 5.56 Å². The van der Waals surface area contributed by atoms with E-state index in [2.05, 4.69) is 13.8 Å². The van der Waals surface area contributed by atoms with E-state index in [1.807, 2.05) is 30.3 Å². The second kappa shape index (κ2) is 9.28. The lowest BCUT2D eigenvalue weighted by atomic mass is 10.0. The normalized spacial score (nSPS) is 15.1. The first-order chi connectivity index (χ1) is 14.3. The molecule has 1 aliphatic rings. The molecule has 2 aromatic rings. The van der Waals surface area contributed by atoms with Gasteiger partial charge in [0.25, 0.3) is 5.91 Å². The Morgan fingerprint density at radius 3 is 2.37 bits per heavy atom. The molecule has 0 bridgehead atoms. The quantitative estimate of drug-likeness (QED) is 0.707. The molecular formula is C22H25N3O4S. The number of ether oxygens (including phenoxy) is 1. The van der Waals surface area contributed by atoms with Crippen LogP contribution in [0.25, 0.3) is 0 Å². The Hall–Kier alpha value is -2.89. The standard InChI is InChI=1S/C22H25N3O4S/c1-17(2)19-4-3-5-20(14-19)29-16-22(26)24-10-12-25(13-11-24)30(27,28)21-8-6-18(15-23)7-9-21/h3-9,14,17H,10-13,16H2,1-2H3. The highest BCUT2D eigenvalue weighted by molar-refractivity contribution is 7.89. The van der Waals surface area contributed by atoms with Gasteiger partial charge in [0, 0.05) is 26.2 Å². The number of nitriles is 1. The molecule has 0 atom stereocenters. The van der Waals surface area contributed by atoms with Crippen LogP contribution < -0.4 is 4.74 Å². The molecule has 2 aromatic carbocycles. The van der Waals surface area contributed by atoms with Crippen molar-refractivity contribution in [2.24, 2.45) is 0 Å². The van der Waals surface area contributed by atoms with E-state index in [-0.39, 0.29) is 30.5 Å². The van der Waals surface area contributed by atoms with Gasteiger partial charge < -0.3 is 9.64 Å². The minimum Gasteiger partial charge on any atom is -0.484 e. The zero-order chi connectivity index (χ0) is 21.7. The number of sulfonamides is 1. The third-order valence-corrected chi connectivity index (χ3v) is 7.01. The fourth-order valence-corrected chi connectivity index (χ4v) is 4.65. The summed E-state index contributed by atoms with van der Waals surface area (Å²) in [5, 5.41) is 8.86. The molecule has 1 fully saturated rings. The van der Waals surface area contributed by atoms with Gasteiger partial charge in [0.05, 0.1) is 16.5 Å². The van der Waals surface area contributed by atoms with Crippen LogP contribution in [0.3, 0.4) is 0 Å². The highest BCUT2D eigenvalue weighted by Gasteiger charge is 2.30. The van der Waals surface area contributed by atoms with E-state index in [0.29, 0.717) is 30.3 Å². The fourth-order valence-electron chi connectivity index (χ4n) is 3.23. The summed E-state index contributed by atoms with van der Waals surface area (Å²) >= 11 is 0. The first kappa shape index (κ1) is 21.8. The SMILES string of the molecule is CC(C)c1cccc(OCC(=O)N2CCN(S(=O)(=O)c3ccc(C#N)cc3)CC2)c1. The lowest BCUT2D eigenvalue weighted by Gasteiger charge is -2.34. The predicted octanol–water partition coefficient (Wildman–Crippen LogP) is 2.59. The summed E-state index contributed by atoms with van der Waals surface area (Å²) in [6.07, 6.45) is 0. The summed E-state index contributed by atoms with van der Waals surface area (Å²) in [5.41, 5.74) is 1.55. The van der Waals surface area contributed by atoms with Crippen molar-refractivity contribution in [3.05, 3.63) is 59.7 Å². The van der Waals surface area contributed by atoms with Crippen molar-refractivity contribution >= 4 is 15.9 Å². The van der Waals surface area contributed by atoms with Gasteiger partial charge in [0.15, 0.2) is 6.61 Å². The highest BCUT2D eigenvalue weighted by Crippen LogP contribution is 2.21. The van der Waals surface area contributed by atoms with Gasteiger partial charge in [-0.1, -0.05) is 26.0 Å². The average molecular weight is 428 g/mol. The number of nitrogens with zero attached hydrogens (tertiary/aromatic N) is 3. The molecule has 0 aliphatic carbocycles. The molecule has 158 valence electrons. The molecule has 0 unspecified atom stereocenters. The second-order valence-corrected chi connectivity index (χ2v) is 9.37. The summed E-state index contributed by atoms with van der Waals surface area (Å²) in [5.74, 6) is 0.854. The summed E-state index contributed by atoms with van der Waals surface area (Å²) in [6, 6.07) is 15.5. The summed E-state index contributed by atoms with van der Waals surface area (Å²) in [4.78, 5) is 14.3. The Labute approximate surface area is 177 Å². The molecule has 3 rings (SSSR count). The molecule has 0 aromatic heterocycles. The maximum atomic E-state index is 12.8. The molecule has 8 heteroatoms. The van der Waals surface area contributed by atoms with Crippen LogP contribution in [0.1, 0.15) is 30.9 Å². The molecule has 1 heterocycles. The van der Waals surface area contributed by atoms with Crippen molar-refractivity contribution in [2.45, 2.75) is 24.7 Å². The molecular weight excluding hydrogens is 402 g/mol. The fraction of sp³-hybridized carbons (Fsp3) is 0.364. The van der Waals surface area contributed by atoms with Gasteiger partial charge in [-0.05, 0) is 47.9 Å². The molecule has 7 nitrogen and oxygen atoms in total. The topological polar surface area (TPSA) is 90.7 Å². The van der Waals surface area contributed by atoms with Gasteiger partial charge in [-0.15, -0.1) is 0 Å². The molecule has 0 spiro atoms. The average Bonchev–Trinajstić information content (AvgIpc) is 2.77. The number of carbonyl (C=O) groups is 1. The Bertz CT molecular complexity index is 1030. The largest absolute Gasteiger partial charge is 0.484 e. The Morgan fingerprint density at radius 1 is 1.10 bits per heavy atom. The lowest BCUT2D eigenvalue weighted by molar-refractivity contribution is -0.134. The Balaban J connectivity index is 1.55. The molecule has 1 saturated heterocycles. The van der Waals surface area contributed by atoms with E-state index in [1.54, 1.807) is 4.90 Å². The van der Waals surface area contributed by atoms with Crippen LogP contribution in [0.5, 0.6) is 5.75 Å². The molecule has 0 saturated carbocycles. The van der Waals surface area contributed by atoms with Crippen LogP contribution in [0, 0.1) is 11.3 Å². The molecule has 30 heavy (non-hydrogen) atoms. The van der Waals surface area contributed by atoms with Crippen molar-refractivity contribution in [3.8, 4) is 11.8 Å². The number of piperazine rings is 1. The van der Waals surface area contributed by atoms with Gasteiger partial charge in [-0.2, -0.15) is 9.57 Å². The molecule has 1 amide bonds. The Morgan fingerprint density at radius 2 is 1.77 bits per heavy atom. The summed E-state index contributed by atoms with van der Waals surface area (Å²) in [6.45, 7) is 5.16. The molecule has 0 radical (unpaired) electrons. The number of carbonyl (C=O) groups excluding carboxylic acids is 1. The minimum atomic E-state index is -3.65. The van der Waals surface area contributed by atoms with Crippen LogP contribution in [-0.2, 0) is 14.8 Å². The second-order valence-electron chi connectivity index (χ2n) is 7.44. The number of hydrogen-bond donors (Lipinski definition) is 0. The first-order valence-corrected chi connectivity index (χ1v) is 11.3. The maximum Gasteiger partial charge on any atom is 0.260 e. The van der Waals surface area contributed by atoms with Gasteiger partial charge in [0.1, 0.15) is 5.75 Å². The summed E-state index contributed by atoms with van der Waals surface area (Å²) < 4.78 is 32.6. The maximum absolute atomic E-state index is 12.8. The third-order valence-electron chi connectivity index (χ3n) is 5.10. The van der Waals surface area contributed by atoms with Crippen molar-refractivity contribution in [2.75, 3.05) is 32.8 Å². The zero-order valence-corrected chi connectivity index (χ0v) is 17.9. The van der Waals surface area contributed by atoms with Gasteiger partial charge in [0.2, 0.25) is 10.0 Å². The lowest BCUT2D eigenvalue weighted by Crippen LogP contribution is -2.51. The van der Waals surface area contributed by atoms with Crippen molar-refractivity contribution in [1.29, 1.82) is 5.26 Å². The highest BCUT2D eigenvalue weighted by atomic mass is 32.2. The van der Waals surface area contributed by atoms with Gasteiger partial charge >= 0.3 is 0 Å². The van der Waals surface area contributed by atoms with Crippen LogP contribution in [0.4, 0.5) is 0 Å². The zero-order valence-electron chi connectivity index (χ0n) is 17.1. The van der Waals surface area contributed by atoms with Crippen LogP contribution >= 0.6 is 0 Å². The van der Waals surface area contributed by atoms with Crippen molar-refractivity contribution in [1.82, 2.24) is 9.21 Å². The van der Waals surface area contributed by atoms with Gasteiger partial charge in [-0.3, -0.25) is 4.79 Å². The number of benzene rings is 2. The van der Waals surface area contributed by atoms with E-state index in [1.165, 1.54) is 28.6 Å². The third kappa shape index (κ3) is 4.99. The number of rotatable bonds is 6. The predicted molar refractivity (Wildman–Crippen MR) is 113 cm³/mol. The summed E-state index contributed by atoms with van der Waals surface area (Å²) in [7, 11) is -3.65. The van der Waals surface area contributed by atoms with Crippen LogP contribution in [0.15, 0.2) is 53.4 Å². The molecule has 1 aliphatic heterocycles. The van der Waals surface area contributed by atoms with Crippen molar-refractivity contribution in [3.63, 3.8) is 0 Å². The van der Waals surface area contributed by atoms with E-state index in [9.17, 15) is 13.2 Å². The van der Waals surface area contributed by atoms with E-state index >= 15 is 0 Å². The Kier molecular flexibility index (Phi) is 6.75. The van der Waals surface area contributed by atoms with Crippen LogP contribution in [-0.4, -0.2) is 56.3 Å². The van der Waals surface area contributed by atoms with E-state index in [4.69, 9.17) is 10.00 Å². The molecule has 0 N–H and O–H groups in total. The van der Waals surface area contributed by atoms with Crippen molar-refractivity contribution < 1.29 is 17.9 Å². The first-order valence-electron chi connectivity index (χ1n) is 9.82. The number of amides is 1. The van der Waals surface area contributed by atoms with Gasteiger partial charge in [-0.25, -0.2) is 8.42 Å². The monoisotopic (exact) mass is 427 g/mol.